The summed E-state index contributed by atoms with van der Waals surface area (Å²) >= 11 is 0. The van der Waals surface area contributed by atoms with Crippen molar-refractivity contribution in [1.29, 1.82) is 0 Å². The fraction of sp³-hybridized carbons (Fsp3) is 0.304. The fourth-order valence-electron chi connectivity index (χ4n) is 3.83. The predicted molar refractivity (Wildman–Crippen MR) is 108 cm³/mol. The molecule has 0 aliphatic carbocycles. The lowest BCUT2D eigenvalue weighted by atomic mass is 9.94. The van der Waals surface area contributed by atoms with Gasteiger partial charge in [0, 0.05) is 12.1 Å². The molecule has 1 atom stereocenters. The number of nitrogens with zero attached hydrogens (tertiary/aromatic N) is 1. The highest BCUT2D eigenvalue weighted by Gasteiger charge is 2.45. The molecule has 0 radical (unpaired) electrons. The van der Waals surface area contributed by atoms with Gasteiger partial charge in [0.1, 0.15) is 5.76 Å². The molecule has 6 heteroatoms. The van der Waals surface area contributed by atoms with Crippen molar-refractivity contribution in [2.24, 2.45) is 0 Å². The molecule has 0 spiro atoms. The first kappa shape index (κ1) is 19.1. The van der Waals surface area contributed by atoms with Crippen LogP contribution in [0.4, 0.5) is 0 Å². The fourth-order valence-corrected chi connectivity index (χ4v) is 3.83. The van der Waals surface area contributed by atoms with Gasteiger partial charge in [-0.3, -0.25) is 9.59 Å². The predicted octanol–water partition coefficient (Wildman–Crippen LogP) is 3.81. The summed E-state index contributed by atoms with van der Waals surface area (Å²) in [5.41, 5.74) is 2.49. The number of aryl methyl sites for hydroxylation is 1. The Morgan fingerprint density at radius 3 is 2.48 bits per heavy atom. The van der Waals surface area contributed by atoms with Crippen molar-refractivity contribution >= 4 is 17.4 Å². The number of ether oxygens (including phenoxy) is 2. The number of amides is 1. The highest BCUT2D eigenvalue weighted by Crippen LogP contribution is 2.41. The molecule has 4 rings (SSSR count). The molecule has 1 N–H and O–H groups in total. The van der Waals surface area contributed by atoms with Crippen molar-refractivity contribution in [2.45, 2.75) is 32.7 Å². The molecule has 150 valence electrons. The average molecular weight is 393 g/mol. The molecular weight excluding hydrogens is 370 g/mol. The van der Waals surface area contributed by atoms with Crippen LogP contribution in [-0.4, -0.2) is 35.0 Å². The highest BCUT2D eigenvalue weighted by molar-refractivity contribution is 6.46. The third kappa shape index (κ3) is 3.24. The van der Waals surface area contributed by atoms with E-state index in [9.17, 15) is 14.7 Å². The first-order valence-corrected chi connectivity index (χ1v) is 9.82. The summed E-state index contributed by atoms with van der Waals surface area (Å²) in [7, 11) is 0. The summed E-state index contributed by atoms with van der Waals surface area (Å²) in [6.45, 7) is 4.57. The average Bonchev–Trinajstić information content (AvgIpc) is 3.31. The minimum atomic E-state index is -0.668. The van der Waals surface area contributed by atoms with Crippen LogP contribution in [0.1, 0.15) is 43.0 Å². The second-order valence-corrected chi connectivity index (χ2v) is 7.16. The summed E-state index contributed by atoms with van der Waals surface area (Å²) in [6, 6.07) is 12.2. The van der Waals surface area contributed by atoms with Gasteiger partial charge >= 0.3 is 0 Å². The number of hydrogen-bond acceptors (Lipinski definition) is 5. The van der Waals surface area contributed by atoms with Gasteiger partial charge in [-0.2, -0.15) is 0 Å². The zero-order valence-electron chi connectivity index (χ0n) is 16.5. The van der Waals surface area contributed by atoms with Gasteiger partial charge in [0.25, 0.3) is 11.7 Å². The lowest BCUT2D eigenvalue weighted by molar-refractivity contribution is -0.139. The van der Waals surface area contributed by atoms with Gasteiger partial charge in [0.05, 0.1) is 11.6 Å². The van der Waals surface area contributed by atoms with Crippen LogP contribution in [0, 0.1) is 0 Å². The van der Waals surface area contributed by atoms with Gasteiger partial charge in [-0.05, 0) is 42.2 Å². The zero-order chi connectivity index (χ0) is 20.5. The minimum Gasteiger partial charge on any atom is -0.507 e. The normalized spacial score (nSPS) is 19.8. The number of benzene rings is 2. The first-order chi connectivity index (χ1) is 14.0. The third-order valence-electron chi connectivity index (χ3n) is 5.35. The van der Waals surface area contributed by atoms with E-state index in [1.807, 2.05) is 31.2 Å². The molecule has 2 aromatic rings. The second-order valence-electron chi connectivity index (χ2n) is 7.16. The number of fused-ring (bicyclic) bond motifs is 1. The van der Waals surface area contributed by atoms with Crippen molar-refractivity contribution in [3.05, 3.63) is 64.7 Å². The lowest BCUT2D eigenvalue weighted by Crippen LogP contribution is -2.30. The van der Waals surface area contributed by atoms with Crippen LogP contribution in [0.3, 0.4) is 0 Å². The summed E-state index contributed by atoms with van der Waals surface area (Å²) in [4.78, 5) is 27.1. The van der Waals surface area contributed by atoms with E-state index >= 15 is 0 Å². The molecule has 1 fully saturated rings. The summed E-state index contributed by atoms with van der Waals surface area (Å²) in [6.07, 6.45) is 1.60. The molecule has 0 saturated carbocycles. The van der Waals surface area contributed by atoms with Gasteiger partial charge in [-0.15, -0.1) is 0 Å². The van der Waals surface area contributed by atoms with Crippen molar-refractivity contribution in [2.75, 3.05) is 13.3 Å². The van der Waals surface area contributed by atoms with Crippen molar-refractivity contribution < 1.29 is 24.2 Å². The molecule has 1 unspecified atom stereocenters. The first-order valence-electron chi connectivity index (χ1n) is 9.82. The summed E-state index contributed by atoms with van der Waals surface area (Å²) in [5.74, 6) is -0.373. The quantitative estimate of drug-likeness (QED) is 0.475. The molecule has 6 nitrogen and oxygen atoms in total. The Morgan fingerprint density at radius 2 is 1.79 bits per heavy atom. The summed E-state index contributed by atoms with van der Waals surface area (Å²) < 4.78 is 10.7. The minimum absolute atomic E-state index is 0.103. The van der Waals surface area contributed by atoms with Crippen LogP contribution in [0.5, 0.6) is 11.5 Å². The molecule has 1 amide bonds. The molecule has 0 aromatic heterocycles. The molecule has 29 heavy (non-hydrogen) atoms. The topological polar surface area (TPSA) is 76.1 Å². The lowest BCUT2D eigenvalue weighted by Gasteiger charge is -2.25. The Balaban J connectivity index is 1.84. The van der Waals surface area contributed by atoms with Crippen LogP contribution in [0.2, 0.25) is 0 Å². The van der Waals surface area contributed by atoms with Crippen LogP contribution in [0.25, 0.3) is 5.76 Å². The maximum Gasteiger partial charge on any atom is 0.295 e. The van der Waals surface area contributed by atoms with Crippen LogP contribution >= 0.6 is 0 Å². The molecular formula is C23H23NO5. The Hall–Kier alpha value is -3.28. The van der Waals surface area contributed by atoms with Gasteiger partial charge < -0.3 is 19.5 Å². The molecule has 1 saturated heterocycles. The summed E-state index contributed by atoms with van der Waals surface area (Å²) in [5, 5.41) is 11.0. The molecule has 2 aliphatic rings. The number of rotatable bonds is 5. The molecule has 2 aliphatic heterocycles. The SMILES string of the molecule is CCCN1C(=O)C(=O)/C(=C(\O)c2ccc3c(c2)OCO3)C1c1ccc(CC)cc1. The van der Waals surface area contributed by atoms with Gasteiger partial charge in [0.2, 0.25) is 6.79 Å². The molecule has 2 heterocycles. The van der Waals surface area contributed by atoms with Gasteiger partial charge in [0.15, 0.2) is 11.5 Å². The van der Waals surface area contributed by atoms with Crippen LogP contribution in [-0.2, 0) is 16.0 Å². The number of hydrogen-bond donors (Lipinski definition) is 1. The number of carbonyl (C=O) groups excluding carboxylic acids is 2. The van der Waals surface area contributed by atoms with E-state index in [4.69, 9.17) is 9.47 Å². The number of aliphatic hydroxyl groups excluding tert-OH is 1. The maximum atomic E-state index is 12.9. The third-order valence-corrected chi connectivity index (χ3v) is 5.35. The highest BCUT2D eigenvalue weighted by atomic mass is 16.7. The van der Waals surface area contributed by atoms with E-state index < -0.39 is 17.7 Å². The van der Waals surface area contributed by atoms with E-state index in [0.717, 1.165) is 17.5 Å². The zero-order valence-corrected chi connectivity index (χ0v) is 16.5. The van der Waals surface area contributed by atoms with Crippen molar-refractivity contribution in [3.8, 4) is 11.5 Å². The van der Waals surface area contributed by atoms with Gasteiger partial charge in [-0.1, -0.05) is 38.1 Å². The van der Waals surface area contributed by atoms with Crippen molar-refractivity contribution in [3.63, 3.8) is 0 Å². The largest absolute Gasteiger partial charge is 0.507 e. The number of aliphatic hydroxyl groups is 1. The smallest absolute Gasteiger partial charge is 0.295 e. The number of ketones is 1. The van der Waals surface area contributed by atoms with Crippen LogP contribution < -0.4 is 9.47 Å². The molecule has 2 aromatic carbocycles. The monoisotopic (exact) mass is 393 g/mol. The van der Waals surface area contributed by atoms with Crippen molar-refractivity contribution in [1.82, 2.24) is 4.90 Å². The Labute approximate surface area is 169 Å². The van der Waals surface area contributed by atoms with E-state index in [0.29, 0.717) is 30.0 Å². The van der Waals surface area contributed by atoms with E-state index in [2.05, 4.69) is 6.92 Å². The van der Waals surface area contributed by atoms with E-state index in [1.54, 1.807) is 23.1 Å². The van der Waals surface area contributed by atoms with Crippen LogP contribution in [0.15, 0.2) is 48.0 Å². The maximum absolute atomic E-state index is 12.9. The van der Waals surface area contributed by atoms with E-state index in [1.165, 1.54) is 0 Å². The Kier molecular flexibility index (Phi) is 5.01. The second kappa shape index (κ2) is 7.62. The Morgan fingerprint density at radius 1 is 1.07 bits per heavy atom. The number of likely N-dealkylation sites (tertiary alicyclic amines) is 1. The Bertz CT molecular complexity index is 993. The number of Topliss-reactive ketones (excluding diaryl/α,β-unsaturated/α-hetero) is 1. The number of carbonyl (C=O) groups is 2. The molecule has 0 bridgehead atoms. The standard InChI is InChI=1S/C23H23NO5/c1-3-11-24-20(15-7-5-14(4-2)6-8-15)19(22(26)23(24)27)21(25)16-9-10-17-18(12-16)29-13-28-17/h5-10,12,20,25H,3-4,11,13H2,1-2H3/b21-19-. The van der Waals surface area contributed by atoms with Gasteiger partial charge in [-0.25, -0.2) is 0 Å². The van der Waals surface area contributed by atoms with E-state index in [-0.39, 0.29) is 18.1 Å².